The third kappa shape index (κ3) is 4.46. The van der Waals surface area contributed by atoms with Crippen molar-refractivity contribution in [3.63, 3.8) is 0 Å². The second-order valence-electron chi connectivity index (χ2n) is 10.5. The van der Waals surface area contributed by atoms with E-state index in [9.17, 15) is 0 Å². The predicted molar refractivity (Wildman–Crippen MR) is 155 cm³/mol. The van der Waals surface area contributed by atoms with E-state index >= 15 is 0 Å². The molecule has 7 nitrogen and oxygen atoms in total. The fourth-order valence-corrected chi connectivity index (χ4v) is 7.64. The van der Waals surface area contributed by atoms with Gasteiger partial charge in [-0.25, -0.2) is 15.0 Å². The molecule has 1 aromatic carbocycles. The zero-order valence-corrected chi connectivity index (χ0v) is 23.5. The lowest BCUT2D eigenvalue weighted by Gasteiger charge is -2.36. The summed E-state index contributed by atoms with van der Waals surface area (Å²) < 4.78 is 12.2. The summed E-state index contributed by atoms with van der Waals surface area (Å²) in [5.74, 6) is 5.82. The average molecular weight is 536 g/mol. The van der Waals surface area contributed by atoms with Crippen molar-refractivity contribution in [3.8, 4) is 11.5 Å². The molecule has 0 spiro atoms. The summed E-state index contributed by atoms with van der Waals surface area (Å²) in [4.78, 5) is 18.3. The number of methoxy groups -OCH3 is 2. The minimum absolute atomic E-state index is 0.265. The van der Waals surface area contributed by atoms with Crippen molar-refractivity contribution in [2.75, 3.05) is 49.0 Å². The number of hydrogen-bond donors (Lipinski definition) is 1. The molecule has 0 amide bonds. The first-order valence-corrected chi connectivity index (χ1v) is 14.8. The maximum absolute atomic E-state index is 5.63. The van der Waals surface area contributed by atoms with Crippen molar-refractivity contribution < 1.29 is 9.47 Å². The predicted octanol–water partition coefficient (Wildman–Crippen LogP) is 5.94. The number of ether oxygens (including phenoxy) is 2. The van der Waals surface area contributed by atoms with Crippen molar-refractivity contribution in [3.05, 3.63) is 41.2 Å². The number of benzene rings is 1. The number of pyridine rings is 1. The number of hydrogen-bond acceptors (Lipinski definition) is 9. The molecule has 4 aromatic rings. The first kappa shape index (κ1) is 24.6. The molecule has 0 saturated carbocycles. The Morgan fingerprint density at radius 3 is 2.70 bits per heavy atom. The number of para-hydroxylation sites is 1. The summed E-state index contributed by atoms with van der Waals surface area (Å²) in [6.45, 7) is 7.47. The maximum atomic E-state index is 5.63. The van der Waals surface area contributed by atoms with Crippen molar-refractivity contribution in [2.24, 2.45) is 5.41 Å². The molecule has 194 valence electrons. The molecule has 6 rings (SSSR count). The van der Waals surface area contributed by atoms with E-state index < -0.39 is 0 Å². The molecule has 1 aliphatic carbocycles. The molecule has 2 aliphatic rings. The highest BCUT2D eigenvalue weighted by Crippen LogP contribution is 2.46. The quantitative estimate of drug-likeness (QED) is 0.325. The zero-order chi connectivity index (χ0) is 25.6. The highest BCUT2D eigenvalue weighted by atomic mass is 32.2. The molecule has 3 aromatic heterocycles. The minimum atomic E-state index is 0.265. The van der Waals surface area contributed by atoms with Crippen LogP contribution in [0.15, 0.2) is 24.5 Å². The van der Waals surface area contributed by atoms with E-state index in [0.717, 1.165) is 63.9 Å². The molecule has 1 fully saturated rings. The van der Waals surface area contributed by atoms with Crippen LogP contribution in [0.25, 0.3) is 20.4 Å². The molecule has 0 radical (unpaired) electrons. The van der Waals surface area contributed by atoms with Gasteiger partial charge in [-0.2, -0.15) is 11.8 Å². The summed E-state index contributed by atoms with van der Waals surface area (Å²) in [5, 5.41) is 4.77. The smallest absolute Gasteiger partial charge is 0.165 e. The topological polar surface area (TPSA) is 72.4 Å². The highest BCUT2D eigenvalue weighted by Gasteiger charge is 2.32. The van der Waals surface area contributed by atoms with Gasteiger partial charge in [-0.3, -0.25) is 0 Å². The minimum Gasteiger partial charge on any atom is -0.493 e. The van der Waals surface area contributed by atoms with Crippen LogP contribution < -0.4 is 19.7 Å². The Morgan fingerprint density at radius 1 is 1.08 bits per heavy atom. The molecule has 4 heterocycles. The third-order valence-corrected chi connectivity index (χ3v) is 9.57. The molecule has 37 heavy (non-hydrogen) atoms. The van der Waals surface area contributed by atoms with Gasteiger partial charge >= 0.3 is 0 Å². The van der Waals surface area contributed by atoms with Gasteiger partial charge < -0.3 is 19.7 Å². The first-order valence-electron chi connectivity index (χ1n) is 12.8. The van der Waals surface area contributed by atoms with E-state index in [1.807, 2.05) is 30.0 Å². The largest absolute Gasteiger partial charge is 0.493 e. The number of nitrogens with zero attached hydrogens (tertiary/aromatic N) is 4. The number of fused-ring (bicyclic) bond motifs is 5. The molecule has 1 N–H and O–H groups in total. The Bertz CT molecular complexity index is 1460. The second-order valence-corrected chi connectivity index (χ2v) is 12.7. The van der Waals surface area contributed by atoms with Gasteiger partial charge in [-0.1, -0.05) is 26.0 Å². The van der Waals surface area contributed by atoms with E-state index in [-0.39, 0.29) is 5.41 Å². The van der Waals surface area contributed by atoms with E-state index in [2.05, 4.69) is 29.0 Å². The summed E-state index contributed by atoms with van der Waals surface area (Å²) in [6.07, 6.45) is 4.99. The van der Waals surface area contributed by atoms with Gasteiger partial charge in [0.15, 0.2) is 11.5 Å². The molecule has 0 bridgehead atoms. The van der Waals surface area contributed by atoms with Crippen LogP contribution in [0.5, 0.6) is 11.5 Å². The van der Waals surface area contributed by atoms with E-state index in [1.165, 1.54) is 40.3 Å². The number of nitrogens with one attached hydrogen (secondary N) is 1. The van der Waals surface area contributed by atoms with Gasteiger partial charge in [0.05, 0.1) is 24.4 Å². The SMILES string of the molecule is COc1cccc(CNc2ncnc3c2sc2nc(N4CCSCC4)c4c(c23)CC(C)(C)CC4)c1OC. The number of thioether (sulfide) groups is 1. The summed E-state index contributed by atoms with van der Waals surface area (Å²) in [6, 6.07) is 5.93. The first-order chi connectivity index (χ1) is 18.0. The van der Waals surface area contributed by atoms with E-state index in [0.29, 0.717) is 6.54 Å². The van der Waals surface area contributed by atoms with Crippen molar-refractivity contribution in [1.29, 1.82) is 0 Å². The monoisotopic (exact) mass is 535 g/mol. The second kappa shape index (κ2) is 9.83. The van der Waals surface area contributed by atoms with E-state index in [1.54, 1.807) is 31.9 Å². The molecular weight excluding hydrogens is 502 g/mol. The van der Waals surface area contributed by atoms with Gasteiger partial charge in [-0.15, -0.1) is 11.3 Å². The van der Waals surface area contributed by atoms with Gasteiger partial charge in [-0.05, 0) is 41.9 Å². The Labute approximate surface area is 226 Å². The van der Waals surface area contributed by atoms with Gasteiger partial charge in [0.25, 0.3) is 0 Å². The fourth-order valence-electron chi connectivity index (χ4n) is 5.62. The normalized spacial score (nSPS) is 17.1. The zero-order valence-electron chi connectivity index (χ0n) is 21.9. The lowest BCUT2D eigenvalue weighted by molar-refractivity contribution is 0.316. The number of rotatable bonds is 6. The number of anilines is 2. The Balaban J connectivity index is 1.45. The summed E-state index contributed by atoms with van der Waals surface area (Å²) >= 11 is 3.74. The highest BCUT2D eigenvalue weighted by molar-refractivity contribution is 7.99. The average Bonchev–Trinajstić information content (AvgIpc) is 3.30. The molecule has 1 aliphatic heterocycles. The van der Waals surface area contributed by atoms with Crippen LogP contribution in [-0.4, -0.2) is 53.8 Å². The standard InChI is InChI=1S/C28H33N5O2S2/c1-28(2)9-8-18-19(14-28)21-22-24(37-27(21)32-26(18)33-10-12-36-13-11-33)25(31-16-30-22)29-15-17-6-5-7-20(34-3)23(17)35-4/h5-7,16H,8-15H2,1-4H3,(H,29,30,31). The van der Waals surface area contributed by atoms with Crippen molar-refractivity contribution in [1.82, 2.24) is 15.0 Å². The lowest BCUT2D eigenvalue weighted by Crippen LogP contribution is -2.35. The van der Waals surface area contributed by atoms with Crippen molar-refractivity contribution >= 4 is 55.2 Å². The summed E-state index contributed by atoms with van der Waals surface area (Å²) in [5.41, 5.74) is 5.17. The Morgan fingerprint density at radius 2 is 1.92 bits per heavy atom. The fraction of sp³-hybridized carbons (Fsp3) is 0.464. The molecule has 0 atom stereocenters. The number of aromatic nitrogens is 3. The molecule has 9 heteroatoms. The maximum Gasteiger partial charge on any atom is 0.165 e. The molecule has 0 unspecified atom stereocenters. The van der Waals surface area contributed by atoms with Crippen LogP contribution in [0.1, 0.15) is 37.0 Å². The third-order valence-electron chi connectivity index (χ3n) is 7.55. The van der Waals surface area contributed by atoms with Gasteiger partial charge in [0.1, 0.15) is 22.8 Å². The van der Waals surface area contributed by atoms with Crippen LogP contribution in [-0.2, 0) is 19.4 Å². The molecular formula is C28H33N5O2S2. The van der Waals surface area contributed by atoms with Crippen LogP contribution >= 0.6 is 23.1 Å². The van der Waals surface area contributed by atoms with Crippen LogP contribution in [0.3, 0.4) is 0 Å². The lowest BCUT2D eigenvalue weighted by atomic mass is 9.73. The van der Waals surface area contributed by atoms with Crippen LogP contribution in [0, 0.1) is 5.41 Å². The summed E-state index contributed by atoms with van der Waals surface area (Å²) in [7, 11) is 3.33. The Hall–Kier alpha value is -2.78. The number of thiophene rings is 1. The molecule has 1 saturated heterocycles. The van der Waals surface area contributed by atoms with Gasteiger partial charge in [0.2, 0.25) is 0 Å². The van der Waals surface area contributed by atoms with Crippen LogP contribution in [0.4, 0.5) is 11.6 Å². The van der Waals surface area contributed by atoms with E-state index in [4.69, 9.17) is 19.4 Å². The van der Waals surface area contributed by atoms with Gasteiger partial charge in [0, 0.05) is 42.1 Å². The van der Waals surface area contributed by atoms with Crippen molar-refractivity contribution in [2.45, 2.75) is 39.7 Å². The van der Waals surface area contributed by atoms with Crippen LogP contribution in [0.2, 0.25) is 0 Å². The Kier molecular flexibility index (Phi) is 6.52.